The average molecular weight is 235 g/mol. The molecule has 2 rings (SSSR count). The molecule has 1 aliphatic carbocycles. The molecule has 94 valence electrons. The van der Waals surface area contributed by atoms with Crippen molar-refractivity contribution in [2.45, 2.75) is 38.1 Å². The number of amides is 1. The highest BCUT2D eigenvalue weighted by Crippen LogP contribution is 2.22. The van der Waals surface area contributed by atoms with Gasteiger partial charge in [-0.15, -0.1) is 0 Å². The molecule has 0 aromatic carbocycles. The first-order valence-corrected chi connectivity index (χ1v) is 6.58. The fourth-order valence-corrected chi connectivity index (χ4v) is 2.88. The fraction of sp³-hybridized carbons (Fsp3) is 0.846. The summed E-state index contributed by atoms with van der Waals surface area (Å²) < 4.78 is 0. The molecule has 1 amide bonds. The minimum Gasteiger partial charge on any atom is -0.340 e. The lowest BCUT2D eigenvalue weighted by molar-refractivity contribution is -0.127. The number of carbonyl (C=O) groups excluding carboxylic acids is 1. The van der Waals surface area contributed by atoms with Crippen LogP contribution >= 0.6 is 0 Å². The average Bonchev–Trinajstić information content (AvgIpc) is 2.95. The van der Waals surface area contributed by atoms with E-state index in [1.807, 2.05) is 4.90 Å². The molecule has 4 nitrogen and oxygen atoms in total. The normalized spacial score (nSPS) is 25.8. The van der Waals surface area contributed by atoms with Crippen molar-refractivity contribution in [3.05, 3.63) is 0 Å². The van der Waals surface area contributed by atoms with Gasteiger partial charge in [0, 0.05) is 32.1 Å². The Hall–Kier alpha value is -1.08. The van der Waals surface area contributed by atoms with Gasteiger partial charge in [-0.25, -0.2) is 0 Å². The molecule has 0 aromatic heterocycles. The zero-order chi connectivity index (χ0) is 12.3. The van der Waals surface area contributed by atoms with Gasteiger partial charge in [-0.2, -0.15) is 5.26 Å². The molecule has 2 aliphatic rings. The van der Waals surface area contributed by atoms with E-state index in [0.29, 0.717) is 19.0 Å². The zero-order valence-corrected chi connectivity index (χ0v) is 10.6. The van der Waals surface area contributed by atoms with Crippen molar-refractivity contribution in [3.63, 3.8) is 0 Å². The molecule has 0 aromatic rings. The SMILES string of the molecule is CN(CCN1CC(C#N)CC1=O)C1CCCC1. The first-order chi connectivity index (χ1) is 8.20. The van der Waals surface area contributed by atoms with E-state index in [1.54, 1.807) is 0 Å². The van der Waals surface area contributed by atoms with Gasteiger partial charge < -0.3 is 9.80 Å². The summed E-state index contributed by atoms with van der Waals surface area (Å²) in [6.07, 6.45) is 5.70. The third kappa shape index (κ3) is 2.98. The second kappa shape index (κ2) is 5.50. The lowest BCUT2D eigenvalue weighted by atomic mass is 10.1. The highest BCUT2D eigenvalue weighted by Gasteiger charge is 2.29. The molecule has 0 bridgehead atoms. The summed E-state index contributed by atoms with van der Waals surface area (Å²) in [4.78, 5) is 15.9. The van der Waals surface area contributed by atoms with Gasteiger partial charge >= 0.3 is 0 Å². The van der Waals surface area contributed by atoms with Crippen LogP contribution in [0.3, 0.4) is 0 Å². The van der Waals surface area contributed by atoms with Crippen LogP contribution in [-0.4, -0.2) is 48.4 Å². The minimum atomic E-state index is -0.0840. The highest BCUT2D eigenvalue weighted by atomic mass is 16.2. The number of nitriles is 1. The molecule has 1 aliphatic heterocycles. The molecule has 1 unspecified atom stereocenters. The van der Waals surface area contributed by atoms with Gasteiger partial charge in [0.15, 0.2) is 0 Å². The highest BCUT2D eigenvalue weighted by molar-refractivity contribution is 5.79. The smallest absolute Gasteiger partial charge is 0.224 e. The second-order valence-electron chi connectivity index (χ2n) is 5.29. The van der Waals surface area contributed by atoms with Crippen LogP contribution in [0, 0.1) is 17.2 Å². The summed E-state index contributed by atoms with van der Waals surface area (Å²) in [5.41, 5.74) is 0. The Morgan fingerprint density at radius 3 is 2.76 bits per heavy atom. The summed E-state index contributed by atoms with van der Waals surface area (Å²) in [5, 5.41) is 8.81. The quantitative estimate of drug-likeness (QED) is 0.736. The maximum absolute atomic E-state index is 11.6. The van der Waals surface area contributed by atoms with Crippen LogP contribution in [0.2, 0.25) is 0 Å². The Balaban J connectivity index is 1.74. The van der Waals surface area contributed by atoms with Crippen LogP contribution in [0.15, 0.2) is 0 Å². The molecule has 1 saturated heterocycles. The Morgan fingerprint density at radius 2 is 2.18 bits per heavy atom. The molecule has 2 fully saturated rings. The van der Waals surface area contributed by atoms with E-state index in [1.165, 1.54) is 25.7 Å². The topological polar surface area (TPSA) is 47.3 Å². The van der Waals surface area contributed by atoms with Crippen LogP contribution in [0.5, 0.6) is 0 Å². The van der Waals surface area contributed by atoms with Crippen LogP contribution in [0.1, 0.15) is 32.1 Å². The molecule has 1 heterocycles. The number of hydrogen-bond acceptors (Lipinski definition) is 3. The number of carbonyl (C=O) groups is 1. The zero-order valence-electron chi connectivity index (χ0n) is 10.6. The van der Waals surface area contributed by atoms with E-state index in [-0.39, 0.29) is 11.8 Å². The van der Waals surface area contributed by atoms with Crippen molar-refractivity contribution in [1.82, 2.24) is 9.80 Å². The number of hydrogen-bond donors (Lipinski definition) is 0. The van der Waals surface area contributed by atoms with Crippen LogP contribution < -0.4 is 0 Å². The summed E-state index contributed by atoms with van der Waals surface area (Å²) in [5.74, 6) is 0.0654. The summed E-state index contributed by atoms with van der Waals surface area (Å²) in [6, 6.07) is 2.90. The summed E-state index contributed by atoms with van der Waals surface area (Å²) in [7, 11) is 2.15. The Morgan fingerprint density at radius 1 is 1.47 bits per heavy atom. The molecule has 4 heteroatoms. The Labute approximate surface area is 103 Å². The lowest BCUT2D eigenvalue weighted by Gasteiger charge is -2.26. The number of rotatable bonds is 4. The third-order valence-corrected chi connectivity index (χ3v) is 4.07. The first-order valence-electron chi connectivity index (χ1n) is 6.58. The van der Waals surface area contributed by atoms with Crippen molar-refractivity contribution >= 4 is 5.91 Å². The van der Waals surface area contributed by atoms with Gasteiger partial charge in [-0.1, -0.05) is 12.8 Å². The summed E-state index contributed by atoms with van der Waals surface area (Å²) >= 11 is 0. The van der Waals surface area contributed by atoms with Gasteiger partial charge in [0.25, 0.3) is 0 Å². The number of likely N-dealkylation sites (N-methyl/N-ethyl adjacent to an activating group) is 1. The Bertz CT molecular complexity index is 317. The Kier molecular flexibility index (Phi) is 4.01. The fourth-order valence-electron chi connectivity index (χ4n) is 2.88. The molecular weight excluding hydrogens is 214 g/mol. The van der Waals surface area contributed by atoms with Crippen LogP contribution in [0.25, 0.3) is 0 Å². The molecule has 1 atom stereocenters. The van der Waals surface area contributed by atoms with Crippen LogP contribution in [-0.2, 0) is 4.79 Å². The van der Waals surface area contributed by atoms with Crippen molar-refractivity contribution in [3.8, 4) is 6.07 Å². The van der Waals surface area contributed by atoms with Gasteiger partial charge in [-0.3, -0.25) is 4.79 Å². The van der Waals surface area contributed by atoms with E-state index in [2.05, 4.69) is 18.0 Å². The molecule has 0 spiro atoms. The van der Waals surface area contributed by atoms with E-state index in [4.69, 9.17) is 5.26 Å². The lowest BCUT2D eigenvalue weighted by Crippen LogP contribution is -2.38. The van der Waals surface area contributed by atoms with Crippen LogP contribution in [0.4, 0.5) is 0 Å². The summed E-state index contributed by atoms with van der Waals surface area (Å²) in [6.45, 7) is 2.35. The van der Waals surface area contributed by atoms with E-state index in [9.17, 15) is 4.79 Å². The van der Waals surface area contributed by atoms with E-state index in [0.717, 1.165) is 13.1 Å². The molecule has 0 radical (unpaired) electrons. The first kappa shape index (κ1) is 12.4. The monoisotopic (exact) mass is 235 g/mol. The standard InChI is InChI=1S/C13H21N3O/c1-15(12-4-2-3-5-12)6-7-16-10-11(9-14)8-13(16)17/h11-12H,2-8,10H2,1H3. The van der Waals surface area contributed by atoms with E-state index < -0.39 is 0 Å². The number of likely N-dealkylation sites (tertiary alicyclic amines) is 1. The van der Waals surface area contributed by atoms with E-state index >= 15 is 0 Å². The third-order valence-electron chi connectivity index (χ3n) is 4.07. The van der Waals surface area contributed by atoms with Gasteiger partial charge in [0.05, 0.1) is 12.0 Å². The predicted octanol–water partition coefficient (Wildman–Crippen LogP) is 1.23. The van der Waals surface area contributed by atoms with Crippen molar-refractivity contribution in [1.29, 1.82) is 5.26 Å². The van der Waals surface area contributed by atoms with Crippen molar-refractivity contribution < 1.29 is 4.79 Å². The molecule has 0 N–H and O–H groups in total. The van der Waals surface area contributed by atoms with Crippen molar-refractivity contribution in [2.75, 3.05) is 26.7 Å². The largest absolute Gasteiger partial charge is 0.340 e. The predicted molar refractivity (Wildman–Crippen MR) is 65.2 cm³/mol. The maximum atomic E-state index is 11.6. The minimum absolute atomic E-state index is 0.0840. The molecular formula is C13H21N3O. The second-order valence-corrected chi connectivity index (χ2v) is 5.29. The molecule has 1 saturated carbocycles. The van der Waals surface area contributed by atoms with Gasteiger partial charge in [-0.05, 0) is 19.9 Å². The number of nitrogens with zero attached hydrogens (tertiary/aromatic N) is 3. The van der Waals surface area contributed by atoms with Crippen molar-refractivity contribution in [2.24, 2.45) is 5.92 Å². The maximum Gasteiger partial charge on any atom is 0.224 e. The van der Waals surface area contributed by atoms with Gasteiger partial charge in [0.2, 0.25) is 5.91 Å². The molecule has 17 heavy (non-hydrogen) atoms. The van der Waals surface area contributed by atoms with Gasteiger partial charge in [0.1, 0.15) is 0 Å².